The Morgan fingerprint density at radius 3 is 2.88 bits per heavy atom. The van der Waals surface area contributed by atoms with E-state index < -0.39 is 5.97 Å². The maximum absolute atomic E-state index is 11.3. The molecule has 0 aliphatic heterocycles. The number of thiophene rings is 1. The molecule has 0 amide bonds. The van der Waals surface area contributed by atoms with E-state index in [9.17, 15) is 9.90 Å². The minimum Gasteiger partial charge on any atom is -0.477 e. The lowest BCUT2D eigenvalue weighted by atomic mass is 10.1. The van der Waals surface area contributed by atoms with Crippen LogP contribution in [0.1, 0.15) is 29.5 Å². The highest BCUT2D eigenvalue weighted by Crippen LogP contribution is 2.34. The Morgan fingerprint density at radius 1 is 1.59 bits per heavy atom. The number of aromatic nitrogens is 1. The highest BCUT2D eigenvalue weighted by atomic mass is 79.9. The van der Waals surface area contributed by atoms with E-state index in [0.29, 0.717) is 17.9 Å². The molecule has 2 rings (SSSR count). The second-order valence-electron chi connectivity index (χ2n) is 3.52. The van der Waals surface area contributed by atoms with Gasteiger partial charge in [0, 0.05) is 27.2 Å². The number of rotatable bonds is 4. The van der Waals surface area contributed by atoms with Crippen LogP contribution >= 0.6 is 27.3 Å². The molecule has 0 aliphatic carbocycles. The van der Waals surface area contributed by atoms with Crippen LogP contribution in [0.4, 0.5) is 0 Å². The lowest BCUT2D eigenvalue weighted by Gasteiger charge is -1.97. The van der Waals surface area contributed by atoms with Gasteiger partial charge in [-0.1, -0.05) is 12.1 Å². The van der Waals surface area contributed by atoms with Crippen LogP contribution in [0, 0.1) is 0 Å². The molecule has 2 aromatic rings. The molecule has 0 aliphatic rings. The maximum Gasteiger partial charge on any atom is 0.341 e. The van der Waals surface area contributed by atoms with Gasteiger partial charge in [0.25, 0.3) is 0 Å². The summed E-state index contributed by atoms with van der Waals surface area (Å²) in [6.07, 6.45) is 1.40. The van der Waals surface area contributed by atoms with Gasteiger partial charge in [0.05, 0.1) is 0 Å². The normalized spacial score (nSPS) is 10.7. The van der Waals surface area contributed by atoms with Gasteiger partial charge in [0.1, 0.15) is 11.3 Å². The van der Waals surface area contributed by atoms with E-state index in [-0.39, 0.29) is 5.56 Å². The summed E-state index contributed by atoms with van der Waals surface area (Å²) in [5.74, 6) is -0.559. The summed E-state index contributed by atoms with van der Waals surface area (Å²) in [5.41, 5.74) is 1.33. The molecule has 17 heavy (non-hydrogen) atoms. The summed E-state index contributed by atoms with van der Waals surface area (Å²) >= 11 is 4.85. The smallest absolute Gasteiger partial charge is 0.341 e. The molecule has 0 unspecified atom stereocenters. The van der Waals surface area contributed by atoms with Crippen molar-refractivity contribution in [2.24, 2.45) is 0 Å². The predicted octanol–water partition coefficient (Wildman–Crippen LogP) is 3.82. The molecular weight excluding hydrogens is 306 g/mol. The highest BCUT2D eigenvalue weighted by molar-refractivity contribution is 9.10. The van der Waals surface area contributed by atoms with Crippen molar-refractivity contribution in [1.82, 2.24) is 5.16 Å². The first-order chi connectivity index (χ1) is 8.15. The molecule has 0 spiro atoms. The van der Waals surface area contributed by atoms with Gasteiger partial charge in [-0.05, 0) is 22.4 Å². The SMILES string of the molecule is CCCc1onc(-c2cscc2Br)c1C(=O)O. The van der Waals surface area contributed by atoms with E-state index in [2.05, 4.69) is 21.1 Å². The number of aromatic carboxylic acids is 1. The Labute approximate surface area is 110 Å². The van der Waals surface area contributed by atoms with Gasteiger partial charge in [-0.15, -0.1) is 0 Å². The van der Waals surface area contributed by atoms with Crippen molar-refractivity contribution in [2.45, 2.75) is 19.8 Å². The van der Waals surface area contributed by atoms with Gasteiger partial charge in [0.2, 0.25) is 0 Å². The Bertz CT molecular complexity index is 547. The van der Waals surface area contributed by atoms with Gasteiger partial charge in [-0.2, -0.15) is 11.3 Å². The van der Waals surface area contributed by atoms with E-state index in [0.717, 1.165) is 16.5 Å². The number of hydrogen-bond donors (Lipinski definition) is 1. The van der Waals surface area contributed by atoms with Crippen LogP contribution in [-0.4, -0.2) is 16.2 Å². The summed E-state index contributed by atoms with van der Waals surface area (Å²) in [4.78, 5) is 11.3. The second kappa shape index (κ2) is 5.01. The Hall–Kier alpha value is -1.14. The molecule has 0 radical (unpaired) electrons. The molecule has 0 atom stereocenters. The third-order valence-electron chi connectivity index (χ3n) is 2.32. The molecule has 4 nitrogen and oxygen atoms in total. The van der Waals surface area contributed by atoms with Crippen LogP contribution in [0.25, 0.3) is 11.3 Å². The van der Waals surface area contributed by atoms with E-state index in [4.69, 9.17) is 4.52 Å². The average Bonchev–Trinajstić information content (AvgIpc) is 2.84. The minimum absolute atomic E-state index is 0.172. The van der Waals surface area contributed by atoms with Crippen LogP contribution in [0.5, 0.6) is 0 Å². The highest BCUT2D eigenvalue weighted by Gasteiger charge is 2.24. The zero-order valence-electron chi connectivity index (χ0n) is 9.07. The molecule has 0 saturated carbocycles. The zero-order valence-corrected chi connectivity index (χ0v) is 11.5. The molecule has 0 aromatic carbocycles. The summed E-state index contributed by atoms with van der Waals surface area (Å²) in [5, 5.41) is 16.9. The van der Waals surface area contributed by atoms with Gasteiger partial charge >= 0.3 is 5.97 Å². The van der Waals surface area contributed by atoms with E-state index >= 15 is 0 Å². The van der Waals surface area contributed by atoms with Crippen molar-refractivity contribution < 1.29 is 14.4 Å². The number of halogens is 1. The molecule has 0 bridgehead atoms. The van der Waals surface area contributed by atoms with Gasteiger partial charge < -0.3 is 9.63 Å². The summed E-state index contributed by atoms with van der Waals surface area (Å²) in [6.45, 7) is 1.97. The van der Waals surface area contributed by atoms with Gasteiger partial charge in [-0.3, -0.25) is 0 Å². The molecule has 90 valence electrons. The quantitative estimate of drug-likeness (QED) is 0.931. The molecule has 0 fully saturated rings. The molecule has 6 heteroatoms. The molecule has 2 heterocycles. The van der Waals surface area contributed by atoms with Crippen molar-refractivity contribution in [2.75, 3.05) is 0 Å². The largest absolute Gasteiger partial charge is 0.477 e. The Kier molecular flexibility index (Phi) is 3.63. The third kappa shape index (κ3) is 2.28. The fourth-order valence-electron chi connectivity index (χ4n) is 1.58. The van der Waals surface area contributed by atoms with Crippen LogP contribution in [0.2, 0.25) is 0 Å². The number of nitrogens with zero attached hydrogens (tertiary/aromatic N) is 1. The van der Waals surface area contributed by atoms with Crippen LogP contribution in [-0.2, 0) is 6.42 Å². The van der Waals surface area contributed by atoms with Crippen molar-refractivity contribution in [1.29, 1.82) is 0 Å². The number of carbonyl (C=O) groups is 1. The molecule has 2 aromatic heterocycles. The van der Waals surface area contributed by atoms with Crippen LogP contribution in [0.3, 0.4) is 0 Å². The minimum atomic E-state index is -0.997. The van der Waals surface area contributed by atoms with Gasteiger partial charge in [-0.25, -0.2) is 4.79 Å². The monoisotopic (exact) mass is 315 g/mol. The number of carboxylic acid groups (broad SMARTS) is 1. The number of hydrogen-bond acceptors (Lipinski definition) is 4. The third-order valence-corrected chi connectivity index (χ3v) is 4.03. The molecular formula is C11H10BrNO3S. The van der Waals surface area contributed by atoms with Crippen molar-refractivity contribution in [3.05, 3.63) is 26.6 Å². The first-order valence-electron chi connectivity index (χ1n) is 5.09. The first kappa shape index (κ1) is 12.3. The standard InChI is InChI=1S/C11H10BrNO3S/c1-2-3-8-9(11(14)15)10(13-16-8)6-4-17-5-7(6)12/h4-5H,2-3H2,1H3,(H,14,15). The maximum atomic E-state index is 11.3. The second-order valence-corrected chi connectivity index (χ2v) is 5.12. The van der Waals surface area contributed by atoms with Gasteiger partial charge in [0.15, 0.2) is 5.76 Å². The number of aryl methyl sites for hydroxylation is 1. The zero-order chi connectivity index (χ0) is 12.4. The van der Waals surface area contributed by atoms with E-state index in [1.54, 1.807) is 0 Å². The van der Waals surface area contributed by atoms with Crippen molar-refractivity contribution >= 4 is 33.2 Å². The fourth-order valence-corrected chi connectivity index (χ4v) is 3.04. The lowest BCUT2D eigenvalue weighted by molar-refractivity contribution is 0.0695. The predicted molar refractivity (Wildman–Crippen MR) is 68.5 cm³/mol. The number of carboxylic acids is 1. The summed E-state index contributed by atoms with van der Waals surface area (Å²) in [6, 6.07) is 0. The fraction of sp³-hybridized carbons (Fsp3) is 0.273. The first-order valence-corrected chi connectivity index (χ1v) is 6.82. The Balaban J connectivity index is 2.55. The van der Waals surface area contributed by atoms with Crippen molar-refractivity contribution in [3.8, 4) is 11.3 Å². The summed E-state index contributed by atoms with van der Waals surface area (Å²) in [7, 11) is 0. The molecule has 0 saturated heterocycles. The van der Waals surface area contributed by atoms with Crippen LogP contribution < -0.4 is 0 Å². The van der Waals surface area contributed by atoms with Crippen molar-refractivity contribution in [3.63, 3.8) is 0 Å². The average molecular weight is 316 g/mol. The summed E-state index contributed by atoms with van der Waals surface area (Å²) < 4.78 is 5.96. The van der Waals surface area contributed by atoms with E-state index in [1.807, 2.05) is 17.7 Å². The topological polar surface area (TPSA) is 63.3 Å². The van der Waals surface area contributed by atoms with Crippen LogP contribution in [0.15, 0.2) is 19.8 Å². The lowest BCUT2D eigenvalue weighted by Crippen LogP contribution is -2.01. The van der Waals surface area contributed by atoms with E-state index in [1.165, 1.54) is 11.3 Å². The molecule has 1 N–H and O–H groups in total. The Morgan fingerprint density at radius 2 is 2.35 bits per heavy atom.